The predicted octanol–water partition coefficient (Wildman–Crippen LogP) is 2.90. The Morgan fingerprint density at radius 3 is 2.76 bits per heavy atom. The summed E-state index contributed by atoms with van der Waals surface area (Å²) in [6.45, 7) is 3.81. The molecule has 2 aromatic heterocycles. The molecule has 0 aliphatic heterocycles. The second-order valence-corrected chi connectivity index (χ2v) is 5.04. The molecule has 5 nitrogen and oxygen atoms in total. The molecule has 0 saturated carbocycles. The monoisotopic (exact) mass is 281 g/mol. The minimum absolute atomic E-state index is 0.128. The van der Waals surface area contributed by atoms with Gasteiger partial charge in [0.1, 0.15) is 0 Å². The maximum atomic E-state index is 12.2. The van der Waals surface area contributed by atoms with Crippen molar-refractivity contribution in [3.8, 4) is 22.5 Å². The number of anilines is 1. The number of aromatic amines is 1. The van der Waals surface area contributed by atoms with Crippen LogP contribution in [0.2, 0.25) is 0 Å². The summed E-state index contributed by atoms with van der Waals surface area (Å²) in [5.74, 6) is 0.662. The van der Waals surface area contributed by atoms with E-state index >= 15 is 0 Å². The van der Waals surface area contributed by atoms with E-state index in [1.807, 2.05) is 38.1 Å². The lowest BCUT2D eigenvalue weighted by atomic mass is 10.0. The van der Waals surface area contributed by atoms with Crippen molar-refractivity contribution in [1.29, 1.82) is 0 Å². The highest BCUT2D eigenvalue weighted by Gasteiger charge is 2.19. The van der Waals surface area contributed by atoms with Crippen molar-refractivity contribution >= 4 is 5.82 Å². The average Bonchev–Trinajstić information content (AvgIpc) is 2.80. The van der Waals surface area contributed by atoms with Gasteiger partial charge in [0.15, 0.2) is 17.0 Å². The van der Waals surface area contributed by atoms with Gasteiger partial charge in [-0.1, -0.05) is 35.0 Å². The zero-order valence-electron chi connectivity index (χ0n) is 11.8. The highest BCUT2D eigenvalue weighted by molar-refractivity contribution is 5.86. The number of nitrogens with one attached hydrogen (secondary N) is 1. The molecule has 3 rings (SSSR count). The third-order valence-corrected chi connectivity index (χ3v) is 3.33. The molecule has 3 aromatic rings. The summed E-state index contributed by atoms with van der Waals surface area (Å²) in [5, 5.41) is 3.81. The lowest BCUT2D eigenvalue weighted by molar-refractivity contribution is 0.435. The number of nitrogen functional groups attached to an aromatic ring is 1. The summed E-state index contributed by atoms with van der Waals surface area (Å²) >= 11 is 0. The summed E-state index contributed by atoms with van der Waals surface area (Å²) in [6, 6.07) is 9.34. The van der Waals surface area contributed by atoms with Crippen molar-refractivity contribution in [3.05, 3.63) is 58.0 Å². The van der Waals surface area contributed by atoms with Gasteiger partial charge in [0.05, 0.1) is 11.1 Å². The molecule has 0 radical (unpaired) electrons. The third-order valence-electron chi connectivity index (χ3n) is 3.33. The van der Waals surface area contributed by atoms with Gasteiger partial charge >= 0.3 is 0 Å². The Labute approximate surface area is 121 Å². The Morgan fingerprint density at radius 2 is 2.05 bits per heavy atom. The molecule has 21 heavy (non-hydrogen) atoms. The van der Waals surface area contributed by atoms with E-state index in [9.17, 15) is 4.79 Å². The number of hydrogen-bond acceptors (Lipinski definition) is 4. The quantitative estimate of drug-likeness (QED) is 0.756. The lowest BCUT2D eigenvalue weighted by Crippen LogP contribution is -2.05. The lowest BCUT2D eigenvalue weighted by Gasteiger charge is -2.04. The van der Waals surface area contributed by atoms with E-state index < -0.39 is 0 Å². The first-order valence-corrected chi connectivity index (χ1v) is 6.58. The fourth-order valence-corrected chi connectivity index (χ4v) is 2.32. The Morgan fingerprint density at radius 1 is 1.24 bits per heavy atom. The third kappa shape index (κ3) is 2.33. The van der Waals surface area contributed by atoms with Gasteiger partial charge in [-0.3, -0.25) is 4.79 Å². The number of hydrogen-bond donors (Lipinski definition) is 2. The van der Waals surface area contributed by atoms with E-state index in [-0.39, 0.29) is 11.2 Å². The van der Waals surface area contributed by atoms with Crippen molar-refractivity contribution in [3.63, 3.8) is 0 Å². The molecule has 0 saturated heterocycles. The molecule has 0 atom stereocenters. The topological polar surface area (TPSA) is 84.9 Å². The van der Waals surface area contributed by atoms with Crippen LogP contribution in [-0.4, -0.2) is 10.1 Å². The van der Waals surface area contributed by atoms with E-state index in [0.717, 1.165) is 16.8 Å². The molecule has 0 unspecified atom stereocenters. The number of nitrogens with two attached hydrogens (primary N) is 1. The van der Waals surface area contributed by atoms with Crippen molar-refractivity contribution < 1.29 is 4.52 Å². The number of pyridine rings is 1. The molecule has 5 heteroatoms. The fourth-order valence-electron chi connectivity index (χ4n) is 2.32. The van der Waals surface area contributed by atoms with Crippen LogP contribution in [0.5, 0.6) is 0 Å². The number of H-pyrrole nitrogens is 1. The van der Waals surface area contributed by atoms with Gasteiger partial charge in [0.25, 0.3) is 0 Å². The molecule has 2 heterocycles. The predicted molar refractivity (Wildman–Crippen MR) is 81.9 cm³/mol. The van der Waals surface area contributed by atoms with Crippen LogP contribution in [-0.2, 0) is 0 Å². The number of rotatable bonds is 2. The van der Waals surface area contributed by atoms with Crippen LogP contribution in [0, 0.1) is 13.8 Å². The number of aryl methyl sites for hydroxylation is 2. The Balaban J connectivity index is 2.24. The summed E-state index contributed by atoms with van der Waals surface area (Å²) < 4.78 is 5.30. The first-order valence-electron chi connectivity index (χ1n) is 6.58. The van der Waals surface area contributed by atoms with Gasteiger partial charge < -0.3 is 15.2 Å². The maximum absolute atomic E-state index is 12.2. The second-order valence-electron chi connectivity index (χ2n) is 5.04. The summed E-state index contributed by atoms with van der Waals surface area (Å²) in [6.07, 6.45) is 1.62. The Bertz CT molecular complexity index is 862. The average molecular weight is 281 g/mol. The standard InChI is InChI=1S/C16H15N3O2/c1-9-4-3-5-11(6-9)14-15(21-19-16(14)17)12-8-18-10(2)7-13(12)20/h3-8H,1-2H3,(H2,17,19)(H,18,20). The summed E-state index contributed by atoms with van der Waals surface area (Å²) in [7, 11) is 0. The van der Waals surface area contributed by atoms with Crippen LogP contribution >= 0.6 is 0 Å². The van der Waals surface area contributed by atoms with Crippen molar-refractivity contribution in [2.75, 3.05) is 5.73 Å². The molecule has 0 spiro atoms. The van der Waals surface area contributed by atoms with Crippen LogP contribution in [0.15, 0.2) is 45.8 Å². The molecule has 106 valence electrons. The Kier molecular flexibility index (Phi) is 3.10. The zero-order chi connectivity index (χ0) is 15.0. The van der Waals surface area contributed by atoms with Gasteiger partial charge in [-0.15, -0.1) is 0 Å². The Hall–Kier alpha value is -2.82. The summed E-state index contributed by atoms with van der Waals surface area (Å²) in [5.41, 5.74) is 9.62. The van der Waals surface area contributed by atoms with Gasteiger partial charge in [-0.2, -0.15) is 0 Å². The molecular weight excluding hydrogens is 266 g/mol. The molecule has 1 aromatic carbocycles. The minimum atomic E-state index is -0.128. The van der Waals surface area contributed by atoms with Gasteiger partial charge in [0, 0.05) is 18.0 Å². The molecule has 3 N–H and O–H groups in total. The normalized spacial score (nSPS) is 10.8. The van der Waals surface area contributed by atoms with Crippen LogP contribution in [0.4, 0.5) is 5.82 Å². The molecular formula is C16H15N3O2. The number of benzene rings is 1. The molecule has 0 aliphatic carbocycles. The zero-order valence-corrected chi connectivity index (χ0v) is 11.8. The maximum Gasteiger partial charge on any atom is 0.192 e. The molecule has 0 fully saturated rings. The van der Waals surface area contributed by atoms with E-state index in [1.165, 1.54) is 6.07 Å². The fraction of sp³-hybridized carbons (Fsp3) is 0.125. The molecule has 0 amide bonds. The minimum Gasteiger partial charge on any atom is -0.380 e. The smallest absolute Gasteiger partial charge is 0.192 e. The highest BCUT2D eigenvalue weighted by atomic mass is 16.5. The van der Waals surface area contributed by atoms with E-state index in [1.54, 1.807) is 6.20 Å². The van der Waals surface area contributed by atoms with Crippen LogP contribution in [0.1, 0.15) is 11.3 Å². The largest absolute Gasteiger partial charge is 0.380 e. The number of nitrogens with zero attached hydrogens (tertiary/aromatic N) is 1. The van der Waals surface area contributed by atoms with Crippen LogP contribution in [0.25, 0.3) is 22.5 Å². The van der Waals surface area contributed by atoms with E-state index in [2.05, 4.69) is 10.1 Å². The van der Waals surface area contributed by atoms with E-state index in [4.69, 9.17) is 10.3 Å². The van der Waals surface area contributed by atoms with E-state index in [0.29, 0.717) is 16.9 Å². The van der Waals surface area contributed by atoms with Crippen LogP contribution in [0.3, 0.4) is 0 Å². The SMILES string of the molecule is Cc1cccc(-c2c(N)noc2-c2c[nH]c(C)cc2=O)c1. The second kappa shape index (κ2) is 4.94. The van der Waals surface area contributed by atoms with Gasteiger partial charge in [-0.05, 0) is 19.4 Å². The van der Waals surface area contributed by atoms with Crippen LogP contribution < -0.4 is 11.2 Å². The molecule has 0 bridgehead atoms. The number of aromatic nitrogens is 2. The van der Waals surface area contributed by atoms with Crippen molar-refractivity contribution in [2.45, 2.75) is 13.8 Å². The first kappa shape index (κ1) is 13.2. The summed E-state index contributed by atoms with van der Waals surface area (Å²) in [4.78, 5) is 15.2. The highest BCUT2D eigenvalue weighted by Crippen LogP contribution is 2.35. The van der Waals surface area contributed by atoms with Crippen molar-refractivity contribution in [2.24, 2.45) is 0 Å². The first-order chi connectivity index (χ1) is 10.1. The van der Waals surface area contributed by atoms with Gasteiger partial charge in [0.2, 0.25) is 0 Å². The molecule has 0 aliphatic rings. The van der Waals surface area contributed by atoms with Crippen molar-refractivity contribution in [1.82, 2.24) is 10.1 Å². The van der Waals surface area contributed by atoms with Gasteiger partial charge in [-0.25, -0.2) is 0 Å².